The van der Waals surface area contributed by atoms with Gasteiger partial charge in [0.15, 0.2) is 0 Å². The lowest BCUT2D eigenvalue weighted by atomic mass is 9.84. The van der Waals surface area contributed by atoms with Gasteiger partial charge in [-0.3, -0.25) is 24.0 Å². The number of aromatic nitrogens is 1. The first-order valence-electron chi connectivity index (χ1n) is 26.2. The Labute approximate surface area is 435 Å². The van der Waals surface area contributed by atoms with Crippen molar-refractivity contribution in [3.8, 4) is 11.1 Å². The van der Waals surface area contributed by atoms with E-state index in [2.05, 4.69) is 50.1 Å². The van der Waals surface area contributed by atoms with E-state index in [-0.39, 0.29) is 29.7 Å². The Morgan fingerprint density at radius 3 is 2.08 bits per heavy atom. The van der Waals surface area contributed by atoms with E-state index in [0.717, 1.165) is 116 Å². The lowest BCUT2D eigenvalue weighted by Gasteiger charge is -2.27. The average Bonchev–Trinajstić information content (AvgIpc) is 3.97. The van der Waals surface area contributed by atoms with Crippen LogP contribution in [0.2, 0.25) is 0 Å². The number of nitrogens with zero attached hydrogens (tertiary/aromatic N) is 1. The largest absolute Gasteiger partial charge is 0.379 e. The van der Waals surface area contributed by atoms with E-state index in [1.165, 1.54) is 11.6 Å². The third-order valence-corrected chi connectivity index (χ3v) is 14.9. The fourth-order valence-corrected chi connectivity index (χ4v) is 11.0. The number of thioether (sulfide) groups is 1. The molecule has 18 nitrogen and oxygen atoms in total. The molecule has 1 saturated heterocycles. The van der Waals surface area contributed by atoms with Crippen LogP contribution in [0.25, 0.3) is 22.0 Å². The van der Waals surface area contributed by atoms with E-state index in [1.54, 1.807) is 6.07 Å². The molecule has 2 heterocycles. The highest BCUT2D eigenvalue weighted by atomic mass is 32.2. The Morgan fingerprint density at radius 2 is 1.44 bits per heavy atom. The summed E-state index contributed by atoms with van der Waals surface area (Å²) < 4.78 is 16.7. The predicted molar refractivity (Wildman–Crippen MR) is 288 cm³/mol. The van der Waals surface area contributed by atoms with Gasteiger partial charge in [0.25, 0.3) is 5.91 Å². The van der Waals surface area contributed by atoms with Crippen LogP contribution in [-0.4, -0.2) is 142 Å². The van der Waals surface area contributed by atoms with Crippen LogP contribution in [0, 0.1) is 12.8 Å². The molecule has 19 heteroatoms. The molecule has 0 saturated carbocycles. The molecule has 73 heavy (non-hydrogen) atoms. The molecular weight excluding hydrogens is 951 g/mol. The standard InChI is InChI=1S/C54H81N9O9S/c1-4-47(64)61-45-15-9-14-41(37(45)2)42-21-22-44(53(55)68)52-51(42)43-20-19-38(33-46(43)62-52)35-63(3)26-8-7-23-57-49(66)17-10-18-50(67)59-25-12-28-71-30-32-72-31-29-70-27-11-24-58-48(65)16-6-5-13-40-34-39(36-73-40)60-54(56)69/h4,9,14-15,21-22,38-40,62H,1,5-8,10-13,16-20,23-36H2,2-3H3,(H2,55,68)(H,57,66)(H,58,65)(H,59,67)(H,61,64)(H3,56,60,69)/t38?,39-,40+/m1/s1. The molecule has 1 aliphatic carbocycles. The molecule has 10 N–H and O–H groups in total. The minimum absolute atomic E-state index is 0.0415. The van der Waals surface area contributed by atoms with Gasteiger partial charge in [0, 0.05) is 92.5 Å². The number of fused-ring (bicyclic) bond motifs is 3. The zero-order chi connectivity index (χ0) is 52.4. The summed E-state index contributed by atoms with van der Waals surface area (Å²) in [7, 11) is 2.14. The summed E-state index contributed by atoms with van der Waals surface area (Å²) in [5.41, 5.74) is 18.2. The maximum Gasteiger partial charge on any atom is 0.312 e. The van der Waals surface area contributed by atoms with Crippen LogP contribution >= 0.6 is 11.8 Å². The number of urea groups is 1. The number of anilines is 1. The van der Waals surface area contributed by atoms with E-state index in [1.807, 2.05) is 43.0 Å². The van der Waals surface area contributed by atoms with Gasteiger partial charge in [-0.1, -0.05) is 31.2 Å². The number of amides is 7. The number of aryl methyl sites for hydroxylation is 1. The van der Waals surface area contributed by atoms with Crippen LogP contribution in [0.5, 0.6) is 0 Å². The van der Waals surface area contributed by atoms with Crippen LogP contribution in [0.15, 0.2) is 43.0 Å². The molecule has 1 aliphatic heterocycles. The summed E-state index contributed by atoms with van der Waals surface area (Å²) in [5.74, 6) is 0.523. The number of nitrogens with one attached hydrogen (secondary N) is 6. The lowest BCUT2D eigenvalue weighted by Crippen LogP contribution is -2.38. The lowest BCUT2D eigenvalue weighted by molar-refractivity contribution is -0.123. The minimum atomic E-state index is -0.480. The van der Waals surface area contributed by atoms with Crippen LogP contribution in [0.1, 0.15) is 111 Å². The second kappa shape index (κ2) is 32.0. The van der Waals surface area contributed by atoms with Crippen LogP contribution < -0.4 is 38.1 Å². The molecule has 1 aromatic heterocycles. The first-order valence-corrected chi connectivity index (χ1v) is 27.3. The van der Waals surface area contributed by atoms with Crippen molar-refractivity contribution in [1.29, 1.82) is 0 Å². The number of primary amides is 2. The Kier molecular flexibility index (Phi) is 25.6. The number of unbranched alkanes of at least 4 members (excludes halogenated alkanes) is 2. The summed E-state index contributed by atoms with van der Waals surface area (Å²) in [5, 5.41) is 16.0. The third-order valence-electron chi connectivity index (χ3n) is 13.4. The second-order valence-electron chi connectivity index (χ2n) is 19.2. The molecule has 0 spiro atoms. The van der Waals surface area contributed by atoms with Crippen molar-refractivity contribution in [3.63, 3.8) is 0 Å². The highest BCUT2D eigenvalue weighted by molar-refractivity contribution is 8.00. The zero-order valence-electron chi connectivity index (χ0n) is 43.2. The number of hydrogen-bond acceptors (Lipinski definition) is 11. The summed E-state index contributed by atoms with van der Waals surface area (Å²) in [6, 6.07) is 9.25. The first-order chi connectivity index (χ1) is 35.3. The number of hydrogen-bond donors (Lipinski definition) is 8. The van der Waals surface area contributed by atoms with Gasteiger partial charge in [-0.15, -0.1) is 0 Å². The molecule has 0 radical (unpaired) electrons. The molecular formula is C54H81N9O9S. The van der Waals surface area contributed by atoms with Crippen molar-refractivity contribution in [2.24, 2.45) is 17.4 Å². The number of aromatic amines is 1. The van der Waals surface area contributed by atoms with E-state index in [0.29, 0.717) is 114 Å². The first kappa shape index (κ1) is 58.4. The number of ether oxygens (including phenoxy) is 3. The maximum atomic E-state index is 12.6. The zero-order valence-corrected chi connectivity index (χ0v) is 44.0. The van der Waals surface area contributed by atoms with E-state index < -0.39 is 11.9 Å². The smallest absolute Gasteiger partial charge is 0.312 e. The maximum absolute atomic E-state index is 12.6. The van der Waals surface area contributed by atoms with Crippen molar-refractivity contribution in [1.82, 2.24) is 31.2 Å². The fraction of sp³-hybridized carbons (Fsp3) is 0.593. The number of nitrogens with two attached hydrogens (primary N) is 2. The van der Waals surface area contributed by atoms with Crippen LogP contribution in [0.4, 0.5) is 10.5 Å². The molecule has 2 aromatic carbocycles. The summed E-state index contributed by atoms with van der Waals surface area (Å²) in [6.45, 7) is 12.0. The third kappa shape index (κ3) is 20.4. The van der Waals surface area contributed by atoms with Crippen LogP contribution in [0.3, 0.4) is 0 Å². The van der Waals surface area contributed by atoms with Crippen molar-refractivity contribution >= 4 is 63.9 Å². The minimum Gasteiger partial charge on any atom is -0.379 e. The Bertz CT molecular complexity index is 2290. The van der Waals surface area contributed by atoms with E-state index >= 15 is 0 Å². The molecule has 5 rings (SSSR count). The SMILES string of the molecule is C=CC(=O)Nc1cccc(-c2ccc(C(N)=O)c3[nH]c4c(c23)CCC(CN(C)CCCCNC(=O)CCCC(=O)NCCCOCCOCCOCCCNC(=O)CCCC[C@H]2C[C@@H](NC(N)=O)CS2)C4)c1C. The molecule has 7 amide bonds. The van der Waals surface area contributed by atoms with Gasteiger partial charge in [0.2, 0.25) is 23.6 Å². The van der Waals surface area contributed by atoms with Gasteiger partial charge >= 0.3 is 6.03 Å². The monoisotopic (exact) mass is 1030 g/mol. The van der Waals surface area contributed by atoms with Gasteiger partial charge in [0.1, 0.15) is 0 Å². The van der Waals surface area contributed by atoms with Crippen molar-refractivity contribution in [2.75, 3.05) is 90.5 Å². The van der Waals surface area contributed by atoms with E-state index in [4.69, 9.17) is 25.7 Å². The highest BCUT2D eigenvalue weighted by Gasteiger charge is 2.28. The van der Waals surface area contributed by atoms with Crippen molar-refractivity contribution in [2.45, 2.75) is 115 Å². The number of carbonyl (C=O) groups excluding carboxylic acids is 6. The van der Waals surface area contributed by atoms with Gasteiger partial charge < -0.3 is 62.1 Å². The normalized spacial score (nSPS) is 16.2. The molecule has 3 aromatic rings. The number of benzene rings is 2. The molecule has 0 bridgehead atoms. The molecule has 1 fully saturated rings. The second-order valence-corrected chi connectivity index (χ2v) is 20.5. The Hall–Kier alpha value is -5.47. The number of rotatable bonds is 35. The number of carbonyl (C=O) groups is 6. The summed E-state index contributed by atoms with van der Waals surface area (Å²) in [6.07, 6.45) is 12.6. The average molecular weight is 1030 g/mol. The molecule has 2 aliphatic rings. The van der Waals surface area contributed by atoms with Gasteiger partial charge in [-0.05, 0) is 138 Å². The molecule has 402 valence electrons. The molecule has 1 unspecified atom stereocenters. The predicted octanol–water partition coefficient (Wildman–Crippen LogP) is 5.64. The quantitative estimate of drug-likeness (QED) is 0.0264. The van der Waals surface area contributed by atoms with Gasteiger partial charge in [0.05, 0.1) is 37.5 Å². The van der Waals surface area contributed by atoms with Gasteiger partial charge in [-0.2, -0.15) is 11.8 Å². The van der Waals surface area contributed by atoms with E-state index in [9.17, 15) is 28.8 Å². The fourth-order valence-electron chi connectivity index (χ4n) is 9.60. The topological polar surface area (TPSA) is 261 Å². The van der Waals surface area contributed by atoms with Crippen molar-refractivity contribution < 1.29 is 43.0 Å². The Morgan fingerprint density at radius 1 is 0.795 bits per heavy atom. The van der Waals surface area contributed by atoms with Crippen LogP contribution in [-0.2, 0) is 46.2 Å². The summed E-state index contributed by atoms with van der Waals surface area (Å²) in [4.78, 5) is 78.4. The van der Waals surface area contributed by atoms with Crippen molar-refractivity contribution in [3.05, 3.63) is 65.4 Å². The summed E-state index contributed by atoms with van der Waals surface area (Å²) >= 11 is 1.86. The molecule has 3 atom stereocenters. The van der Waals surface area contributed by atoms with Gasteiger partial charge in [-0.25, -0.2) is 4.79 Å². The highest BCUT2D eigenvalue weighted by Crippen LogP contribution is 2.41. The Balaban J connectivity index is 0.815. The number of H-pyrrole nitrogens is 1.